The van der Waals surface area contributed by atoms with Gasteiger partial charge in [-0.25, -0.2) is 4.39 Å². The molecule has 1 aromatic heterocycles. The first kappa shape index (κ1) is 28.3. The van der Waals surface area contributed by atoms with Crippen molar-refractivity contribution in [3.63, 3.8) is 0 Å². The van der Waals surface area contributed by atoms with E-state index in [1.165, 1.54) is 31.8 Å². The van der Waals surface area contributed by atoms with Gasteiger partial charge in [0.15, 0.2) is 5.83 Å². The standard InChI is InChI=1S/C31H37FN6O3/c1-21-7-5-8-23-9-6-10-26(28(21)23)36-14-11-24-25(12-15-36)33-31(41-20-13-27(39)35(3)4)34-29(24)37-16-18-38(19-17-37)30(40)22(2)32/h5-10H,2,11-20H2,1,3-4H3. The first-order chi connectivity index (χ1) is 19.7. The number of hydrogen-bond donors (Lipinski definition) is 0. The summed E-state index contributed by atoms with van der Waals surface area (Å²) >= 11 is 0. The molecule has 3 heterocycles. The van der Waals surface area contributed by atoms with Gasteiger partial charge in [-0.1, -0.05) is 36.9 Å². The van der Waals surface area contributed by atoms with Crippen molar-refractivity contribution in [3.05, 3.63) is 65.6 Å². The van der Waals surface area contributed by atoms with Gasteiger partial charge in [-0.05, 0) is 30.4 Å². The minimum absolute atomic E-state index is 0.0313. The Morgan fingerprint density at radius 3 is 2.39 bits per heavy atom. The number of nitrogens with zero attached hydrogens (tertiary/aromatic N) is 6. The molecule has 0 bridgehead atoms. The maximum Gasteiger partial charge on any atom is 0.318 e. The number of anilines is 2. The smallest absolute Gasteiger partial charge is 0.318 e. The zero-order valence-electron chi connectivity index (χ0n) is 24.0. The van der Waals surface area contributed by atoms with Crippen molar-refractivity contribution in [2.24, 2.45) is 0 Å². The fourth-order valence-corrected chi connectivity index (χ4v) is 5.64. The van der Waals surface area contributed by atoms with Crippen molar-refractivity contribution in [2.75, 3.05) is 69.8 Å². The summed E-state index contributed by atoms with van der Waals surface area (Å²) in [6.45, 7) is 8.82. The van der Waals surface area contributed by atoms with Crippen molar-refractivity contribution < 1.29 is 18.7 Å². The summed E-state index contributed by atoms with van der Waals surface area (Å²) in [6, 6.07) is 13.1. The van der Waals surface area contributed by atoms with E-state index in [4.69, 9.17) is 14.7 Å². The van der Waals surface area contributed by atoms with E-state index in [0.29, 0.717) is 32.6 Å². The van der Waals surface area contributed by atoms with Crippen LogP contribution in [0.4, 0.5) is 15.9 Å². The van der Waals surface area contributed by atoms with Crippen molar-refractivity contribution >= 4 is 34.1 Å². The third kappa shape index (κ3) is 6.11. The number of ether oxygens (including phenoxy) is 1. The lowest BCUT2D eigenvalue weighted by molar-refractivity contribution is -0.129. The van der Waals surface area contributed by atoms with E-state index in [0.717, 1.165) is 36.6 Å². The number of hydrogen-bond acceptors (Lipinski definition) is 7. The average molecular weight is 561 g/mol. The number of fused-ring (bicyclic) bond motifs is 2. The van der Waals surface area contributed by atoms with Crippen molar-refractivity contribution in [1.29, 1.82) is 0 Å². The second-order valence-corrected chi connectivity index (χ2v) is 10.8. The van der Waals surface area contributed by atoms with E-state index in [1.807, 2.05) is 0 Å². The topological polar surface area (TPSA) is 82.1 Å². The van der Waals surface area contributed by atoms with Gasteiger partial charge >= 0.3 is 6.01 Å². The molecule has 3 aromatic rings. The average Bonchev–Trinajstić information content (AvgIpc) is 3.19. The van der Waals surface area contributed by atoms with Gasteiger partial charge < -0.3 is 24.3 Å². The lowest BCUT2D eigenvalue weighted by atomic mass is 10.0. The Labute approximate surface area is 240 Å². The number of halogens is 1. The molecule has 9 nitrogen and oxygen atoms in total. The van der Waals surface area contributed by atoms with Crippen LogP contribution in [0.3, 0.4) is 0 Å². The molecule has 0 radical (unpaired) electrons. The van der Waals surface area contributed by atoms with Gasteiger partial charge in [0.25, 0.3) is 5.91 Å². The Morgan fingerprint density at radius 1 is 0.976 bits per heavy atom. The molecule has 2 aliphatic heterocycles. The Kier molecular flexibility index (Phi) is 8.37. The third-order valence-corrected chi connectivity index (χ3v) is 7.88. The largest absolute Gasteiger partial charge is 0.463 e. The fourth-order valence-electron chi connectivity index (χ4n) is 5.64. The quantitative estimate of drug-likeness (QED) is 0.409. The molecule has 0 saturated carbocycles. The number of aromatic nitrogens is 2. The molecule has 0 unspecified atom stereocenters. The highest BCUT2D eigenvalue weighted by molar-refractivity contribution is 5.97. The van der Waals surface area contributed by atoms with Gasteiger partial charge in [0.2, 0.25) is 5.91 Å². The molecule has 1 fully saturated rings. The molecule has 2 aliphatic rings. The normalized spacial score (nSPS) is 15.4. The maximum atomic E-state index is 13.5. The molecule has 2 amide bonds. The van der Waals surface area contributed by atoms with Crippen molar-refractivity contribution in [1.82, 2.24) is 19.8 Å². The van der Waals surface area contributed by atoms with E-state index < -0.39 is 11.7 Å². The Bertz CT molecular complexity index is 1460. The third-order valence-electron chi connectivity index (χ3n) is 7.88. The Balaban J connectivity index is 1.42. The van der Waals surface area contributed by atoms with Gasteiger partial charge in [0, 0.05) is 76.4 Å². The Morgan fingerprint density at radius 2 is 1.68 bits per heavy atom. The summed E-state index contributed by atoms with van der Waals surface area (Å²) < 4.78 is 19.4. The summed E-state index contributed by atoms with van der Waals surface area (Å²) in [5, 5.41) is 2.48. The molecule has 216 valence electrons. The molecule has 41 heavy (non-hydrogen) atoms. The molecule has 5 rings (SSSR count). The van der Waals surface area contributed by atoms with E-state index >= 15 is 0 Å². The summed E-state index contributed by atoms with van der Waals surface area (Å²) in [7, 11) is 3.43. The number of benzene rings is 2. The fraction of sp³-hybridized carbons (Fsp3) is 0.419. The van der Waals surface area contributed by atoms with Crippen LogP contribution in [0.2, 0.25) is 0 Å². The van der Waals surface area contributed by atoms with Gasteiger partial charge in [-0.2, -0.15) is 9.97 Å². The van der Waals surface area contributed by atoms with Crippen molar-refractivity contribution in [3.8, 4) is 6.01 Å². The van der Waals surface area contributed by atoms with E-state index in [1.54, 1.807) is 14.1 Å². The van der Waals surface area contributed by atoms with Crippen LogP contribution in [0.5, 0.6) is 6.01 Å². The number of piperazine rings is 1. The molecule has 1 saturated heterocycles. The highest BCUT2D eigenvalue weighted by Gasteiger charge is 2.29. The van der Waals surface area contributed by atoms with Gasteiger partial charge in [-0.15, -0.1) is 0 Å². The molecule has 2 aromatic carbocycles. The number of rotatable bonds is 7. The van der Waals surface area contributed by atoms with E-state index in [2.05, 4.69) is 59.7 Å². The van der Waals surface area contributed by atoms with Gasteiger partial charge in [0.05, 0.1) is 12.1 Å². The summed E-state index contributed by atoms with van der Waals surface area (Å²) in [6.07, 6.45) is 1.68. The molecule has 10 heteroatoms. The zero-order valence-corrected chi connectivity index (χ0v) is 24.0. The predicted octanol–water partition coefficient (Wildman–Crippen LogP) is 3.53. The van der Waals surface area contributed by atoms with Crippen LogP contribution in [0.1, 0.15) is 23.2 Å². The second-order valence-electron chi connectivity index (χ2n) is 10.8. The first-order valence-electron chi connectivity index (χ1n) is 14.1. The number of aryl methyl sites for hydroxylation is 1. The molecule has 0 atom stereocenters. The van der Waals surface area contributed by atoms with Gasteiger partial charge in [0.1, 0.15) is 12.4 Å². The monoisotopic (exact) mass is 560 g/mol. The van der Waals surface area contributed by atoms with Crippen LogP contribution < -0.4 is 14.5 Å². The van der Waals surface area contributed by atoms with Crippen molar-refractivity contribution in [2.45, 2.75) is 26.2 Å². The molecule has 0 aliphatic carbocycles. The molecular weight excluding hydrogens is 523 g/mol. The van der Waals surface area contributed by atoms with Gasteiger partial charge in [-0.3, -0.25) is 9.59 Å². The number of carbonyl (C=O) groups is 2. The summed E-state index contributed by atoms with van der Waals surface area (Å²) in [5.74, 6) is -0.856. The first-order valence-corrected chi connectivity index (χ1v) is 14.1. The zero-order chi connectivity index (χ0) is 29.1. The maximum absolute atomic E-state index is 13.5. The summed E-state index contributed by atoms with van der Waals surface area (Å²) in [5.41, 5.74) is 4.45. The van der Waals surface area contributed by atoms with Crippen LogP contribution in [0.25, 0.3) is 10.8 Å². The summed E-state index contributed by atoms with van der Waals surface area (Å²) in [4.78, 5) is 41.4. The van der Waals surface area contributed by atoms with Crippen LogP contribution >= 0.6 is 0 Å². The van der Waals surface area contributed by atoms with E-state index in [-0.39, 0.29) is 24.9 Å². The highest BCUT2D eigenvalue weighted by Crippen LogP contribution is 2.33. The predicted molar refractivity (Wildman–Crippen MR) is 158 cm³/mol. The van der Waals surface area contributed by atoms with Crippen LogP contribution in [0.15, 0.2) is 48.8 Å². The van der Waals surface area contributed by atoms with Crippen LogP contribution in [-0.2, 0) is 22.4 Å². The highest BCUT2D eigenvalue weighted by atomic mass is 19.1. The number of carbonyl (C=O) groups excluding carboxylic acids is 2. The number of amides is 2. The molecule has 0 N–H and O–H groups in total. The SMILES string of the molecule is C=C(F)C(=O)N1CCN(c2nc(OCCC(=O)N(C)C)nc3c2CCN(c2cccc4cccc(C)c24)CC3)CC1. The second kappa shape index (κ2) is 12.1. The molecular formula is C31H37FN6O3. The van der Waals surface area contributed by atoms with Crippen LogP contribution in [-0.4, -0.2) is 91.6 Å². The molecule has 0 spiro atoms. The lowest BCUT2D eigenvalue weighted by Gasteiger charge is -2.36. The lowest BCUT2D eigenvalue weighted by Crippen LogP contribution is -2.49. The minimum atomic E-state index is -0.943. The Hall–Kier alpha value is -4.21. The van der Waals surface area contributed by atoms with E-state index in [9.17, 15) is 14.0 Å². The van der Waals surface area contributed by atoms with Crippen LogP contribution in [0, 0.1) is 6.92 Å². The minimum Gasteiger partial charge on any atom is -0.463 e.